The summed E-state index contributed by atoms with van der Waals surface area (Å²) in [6.45, 7) is 3.48. The first kappa shape index (κ1) is 30.8. The van der Waals surface area contributed by atoms with Gasteiger partial charge in [0.1, 0.15) is 11.9 Å². The molecule has 0 aromatic heterocycles. The molecule has 42 heavy (non-hydrogen) atoms. The fourth-order valence-electron chi connectivity index (χ4n) is 4.99. The quantitative estimate of drug-likeness (QED) is 0.242. The molecule has 0 radical (unpaired) electrons. The van der Waals surface area contributed by atoms with Gasteiger partial charge in [0.15, 0.2) is 5.83 Å². The molecule has 1 aliphatic carbocycles. The van der Waals surface area contributed by atoms with Gasteiger partial charge in [0.2, 0.25) is 5.91 Å². The number of benzene rings is 2. The maximum Gasteiger partial charge on any atom is 0.429 e. The number of allylic oxidation sites excluding steroid dienone is 2. The third-order valence-corrected chi connectivity index (χ3v) is 7.43. The Morgan fingerprint density at radius 2 is 1.83 bits per heavy atom. The minimum absolute atomic E-state index is 0.0870. The Morgan fingerprint density at radius 1 is 1.17 bits per heavy atom. The Bertz CT molecular complexity index is 1460. The SMILES string of the molecule is CC=C1/C(=C\C2=C=C(F)C2(O)C(F)(F)F)CC[C@H](Oc2ccc(CC(=O)OC)cc2)CN1C(=O)[C@@H](C)c1ccccc1. The van der Waals surface area contributed by atoms with Crippen LogP contribution in [0.15, 0.2) is 95.2 Å². The lowest BCUT2D eigenvalue weighted by Crippen LogP contribution is -2.50. The molecule has 10 heteroatoms. The van der Waals surface area contributed by atoms with Gasteiger partial charge in [-0.05, 0) is 61.6 Å². The van der Waals surface area contributed by atoms with E-state index in [4.69, 9.17) is 4.74 Å². The van der Waals surface area contributed by atoms with E-state index in [-0.39, 0.29) is 31.3 Å². The maximum absolute atomic E-state index is 13.9. The Balaban J connectivity index is 1.67. The smallest absolute Gasteiger partial charge is 0.429 e. The van der Waals surface area contributed by atoms with Crippen LogP contribution in [-0.2, 0) is 20.7 Å². The van der Waals surface area contributed by atoms with Crippen LogP contribution >= 0.6 is 0 Å². The molecule has 4 rings (SSSR count). The molecule has 6 nitrogen and oxygen atoms in total. The molecule has 0 bridgehead atoms. The lowest BCUT2D eigenvalue weighted by atomic mass is 9.82. The van der Waals surface area contributed by atoms with Gasteiger partial charge in [0.25, 0.3) is 5.60 Å². The number of rotatable bonds is 7. The van der Waals surface area contributed by atoms with E-state index in [9.17, 15) is 32.3 Å². The lowest BCUT2D eigenvalue weighted by molar-refractivity contribution is -0.237. The van der Waals surface area contributed by atoms with Gasteiger partial charge in [0.05, 0.1) is 26.0 Å². The molecule has 1 heterocycles. The van der Waals surface area contributed by atoms with Crippen LogP contribution in [0.2, 0.25) is 0 Å². The monoisotopic (exact) mass is 585 g/mol. The van der Waals surface area contributed by atoms with Gasteiger partial charge in [-0.15, -0.1) is 0 Å². The minimum Gasteiger partial charge on any atom is -0.489 e. The summed E-state index contributed by atoms with van der Waals surface area (Å²) in [5.41, 5.74) is -0.442. The number of amides is 1. The molecule has 0 saturated carbocycles. The van der Waals surface area contributed by atoms with Gasteiger partial charge >= 0.3 is 12.1 Å². The van der Waals surface area contributed by atoms with Crippen molar-refractivity contribution in [2.45, 2.75) is 56.9 Å². The van der Waals surface area contributed by atoms with E-state index in [1.807, 2.05) is 23.9 Å². The predicted molar refractivity (Wildman–Crippen MR) is 147 cm³/mol. The fourth-order valence-corrected chi connectivity index (χ4v) is 4.99. The Morgan fingerprint density at radius 3 is 2.40 bits per heavy atom. The number of methoxy groups -OCH3 is 1. The summed E-state index contributed by atoms with van der Waals surface area (Å²) in [6, 6.07) is 15.9. The summed E-state index contributed by atoms with van der Waals surface area (Å²) in [6.07, 6.45) is -2.60. The number of esters is 1. The van der Waals surface area contributed by atoms with Crippen molar-refractivity contribution >= 4 is 11.9 Å². The molecule has 2 aromatic carbocycles. The molecule has 0 spiro atoms. The summed E-state index contributed by atoms with van der Waals surface area (Å²) in [5.74, 6) is -2.61. The van der Waals surface area contributed by atoms with Crippen LogP contribution in [0.5, 0.6) is 5.75 Å². The van der Waals surface area contributed by atoms with Gasteiger partial charge in [0, 0.05) is 11.3 Å². The molecule has 1 N–H and O–H groups in total. The van der Waals surface area contributed by atoms with E-state index in [1.165, 1.54) is 12.0 Å². The van der Waals surface area contributed by atoms with Gasteiger partial charge in [-0.25, -0.2) is 0 Å². The second-order valence-electron chi connectivity index (χ2n) is 10.2. The highest BCUT2D eigenvalue weighted by Crippen LogP contribution is 2.48. The van der Waals surface area contributed by atoms with E-state index in [1.54, 1.807) is 56.3 Å². The van der Waals surface area contributed by atoms with Crippen molar-refractivity contribution in [3.8, 4) is 5.75 Å². The zero-order valence-corrected chi connectivity index (χ0v) is 23.4. The van der Waals surface area contributed by atoms with Crippen molar-refractivity contribution in [2.75, 3.05) is 13.7 Å². The molecular formula is C32H31F4NO5. The highest BCUT2D eigenvalue weighted by atomic mass is 19.4. The largest absolute Gasteiger partial charge is 0.489 e. The summed E-state index contributed by atoms with van der Waals surface area (Å²) < 4.78 is 65.6. The van der Waals surface area contributed by atoms with Crippen molar-refractivity contribution in [1.82, 2.24) is 4.90 Å². The molecule has 3 atom stereocenters. The third-order valence-electron chi connectivity index (χ3n) is 7.43. The average Bonchev–Trinajstić information content (AvgIpc) is 3.15. The standard InChI is InChI=1S/C32H31F4NO5/c1-4-27-23(17-24-18-28(33)31(24,40)32(34,35)36)12-15-26(42-25-13-10-21(11-14-25)16-29(38)41-3)19-37(27)30(39)20(2)22-8-6-5-7-9-22/h4-11,13-14,17,20,26,40H,12,15-16,19H2,1-3H3/b23-17-,27-4?/t20-,26-,31?/m0/s1. The Kier molecular flexibility index (Phi) is 9.09. The summed E-state index contributed by atoms with van der Waals surface area (Å²) in [7, 11) is 1.30. The number of carbonyl (C=O) groups excluding carboxylic acids is 2. The highest BCUT2D eigenvalue weighted by Gasteiger charge is 2.63. The lowest BCUT2D eigenvalue weighted by Gasteiger charge is -2.34. The normalized spacial score (nSPS) is 23.4. The first-order valence-electron chi connectivity index (χ1n) is 13.4. The Labute approximate surface area is 241 Å². The zero-order chi connectivity index (χ0) is 30.7. The van der Waals surface area contributed by atoms with Gasteiger partial charge in [-0.1, -0.05) is 54.3 Å². The first-order chi connectivity index (χ1) is 19.9. The Hall–Kier alpha value is -4.14. The van der Waals surface area contributed by atoms with Crippen molar-refractivity contribution in [2.24, 2.45) is 0 Å². The van der Waals surface area contributed by atoms with Crippen molar-refractivity contribution in [3.63, 3.8) is 0 Å². The van der Waals surface area contributed by atoms with Crippen molar-refractivity contribution in [3.05, 3.63) is 106 Å². The summed E-state index contributed by atoms with van der Waals surface area (Å²) >= 11 is 0. The third kappa shape index (κ3) is 6.20. The van der Waals surface area contributed by atoms with Gasteiger partial charge in [-0.2, -0.15) is 17.6 Å². The summed E-state index contributed by atoms with van der Waals surface area (Å²) in [4.78, 5) is 26.9. The highest BCUT2D eigenvalue weighted by molar-refractivity contribution is 5.85. The number of carbonyl (C=O) groups is 2. The number of hydrogen-bond donors (Lipinski definition) is 1. The molecule has 1 aliphatic heterocycles. The second kappa shape index (κ2) is 12.4. The van der Waals surface area contributed by atoms with Gasteiger partial charge in [-0.3, -0.25) is 9.59 Å². The van der Waals surface area contributed by atoms with Gasteiger partial charge < -0.3 is 19.5 Å². The van der Waals surface area contributed by atoms with Crippen molar-refractivity contribution in [1.29, 1.82) is 0 Å². The topological polar surface area (TPSA) is 76.1 Å². The molecule has 222 valence electrons. The fraction of sp³-hybridized carbons (Fsp3) is 0.344. The van der Waals surface area contributed by atoms with Crippen molar-refractivity contribution < 1.29 is 41.7 Å². The predicted octanol–water partition coefficient (Wildman–Crippen LogP) is 6.09. The molecule has 1 fully saturated rings. The number of aliphatic hydroxyl groups is 1. The first-order valence-corrected chi connectivity index (χ1v) is 13.4. The van der Waals surface area contributed by atoms with E-state index in [2.05, 4.69) is 4.74 Å². The van der Waals surface area contributed by atoms with Crippen LogP contribution in [0, 0.1) is 0 Å². The minimum atomic E-state index is -5.28. The molecule has 1 unspecified atom stereocenters. The average molecular weight is 586 g/mol. The number of likely N-dealkylation sites (tertiary alicyclic amines) is 1. The van der Waals surface area contributed by atoms with E-state index in [0.29, 0.717) is 23.4 Å². The van der Waals surface area contributed by atoms with Crippen LogP contribution < -0.4 is 4.74 Å². The number of ether oxygens (including phenoxy) is 2. The molecule has 2 aliphatic rings. The van der Waals surface area contributed by atoms with Crippen LogP contribution in [0.1, 0.15) is 43.7 Å². The number of hydrogen-bond acceptors (Lipinski definition) is 5. The number of alkyl halides is 3. The molecule has 1 saturated heterocycles. The molecule has 2 aromatic rings. The van der Waals surface area contributed by atoms with Crippen LogP contribution in [0.25, 0.3) is 0 Å². The number of halogens is 4. The van der Waals surface area contributed by atoms with Crippen LogP contribution in [0.3, 0.4) is 0 Å². The van der Waals surface area contributed by atoms with E-state index >= 15 is 0 Å². The number of nitrogens with zero attached hydrogens (tertiary/aromatic N) is 1. The second-order valence-corrected chi connectivity index (χ2v) is 10.2. The summed E-state index contributed by atoms with van der Waals surface area (Å²) in [5, 5.41) is 10.2. The zero-order valence-electron chi connectivity index (χ0n) is 23.4. The molecular weight excluding hydrogens is 554 g/mol. The van der Waals surface area contributed by atoms with E-state index in [0.717, 1.165) is 17.2 Å². The van der Waals surface area contributed by atoms with Crippen LogP contribution in [0.4, 0.5) is 17.6 Å². The molecule has 1 amide bonds. The maximum atomic E-state index is 13.9. The van der Waals surface area contributed by atoms with E-state index < -0.39 is 35.2 Å². The van der Waals surface area contributed by atoms with Crippen LogP contribution in [-0.4, -0.2) is 53.4 Å².